The zero-order valence-electron chi connectivity index (χ0n) is 14.5. The summed E-state index contributed by atoms with van der Waals surface area (Å²) < 4.78 is 6.41. The maximum Gasteiger partial charge on any atom is 0.477 e. The van der Waals surface area contributed by atoms with Crippen LogP contribution in [-0.4, -0.2) is 54.0 Å². The number of carbonyl (C=O) groups is 3. The number of nitrogens with zero attached hydrogens (tertiary/aromatic N) is 2. The van der Waals surface area contributed by atoms with Crippen molar-refractivity contribution < 1.29 is 43.6 Å². The van der Waals surface area contributed by atoms with Gasteiger partial charge in [0, 0.05) is 6.07 Å². The Morgan fingerprint density at radius 1 is 1.37 bits per heavy atom. The Kier molecular flexibility index (Phi) is 6.46. The molecule has 0 spiro atoms. The van der Waals surface area contributed by atoms with E-state index in [9.17, 15) is 19.3 Å². The lowest BCUT2D eigenvalue weighted by molar-refractivity contribution is -0.976. The van der Waals surface area contributed by atoms with Gasteiger partial charge in [-0.25, -0.2) is 9.59 Å². The monoisotopic (exact) mass is 384 g/mol. The summed E-state index contributed by atoms with van der Waals surface area (Å²) in [5.41, 5.74) is -0.940. The van der Waals surface area contributed by atoms with Gasteiger partial charge < -0.3 is 20.5 Å². The highest BCUT2D eigenvalue weighted by Gasteiger charge is 2.52. The van der Waals surface area contributed by atoms with Crippen molar-refractivity contribution in [2.45, 2.75) is 25.1 Å². The first-order chi connectivity index (χ1) is 12.9. The Bertz CT molecular complexity index is 734. The minimum atomic E-state index is -1.23. The molecule has 0 saturated heterocycles. The molecule has 1 fully saturated rings. The van der Waals surface area contributed by atoms with Gasteiger partial charge in [-0.05, 0) is 18.9 Å². The molecular formula is C15H20N4O8+2. The summed E-state index contributed by atoms with van der Waals surface area (Å²) in [6.45, 7) is -0.207. The number of amides is 2. The number of pyridine rings is 1. The van der Waals surface area contributed by atoms with E-state index in [2.05, 4.69) is 20.3 Å². The SMILES string of the molecule is CO[N+](=O)OCCNC(=O)c1ccc[n+](COC(=O)NC2(C(=O)O)CC2)c1. The predicted molar refractivity (Wildman–Crippen MR) is 84.8 cm³/mol. The number of hydrogen-bond acceptors (Lipinski definition) is 7. The molecule has 146 valence electrons. The van der Waals surface area contributed by atoms with Crippen molar-refractivity contribution in [2.24, 2.45) is 0 Å². The highest BCUT2D eigenvalue weighted by molar-refractivity contribution is 5.93. The zero-order chi connectivity index (χ0) is 19.9. The van der Waals surface area contributed by atoms with Crippen LogP contribution in [0.4, 0.5) is 4.79 Å². The summed E-state index contributed by atoms with van der Waals surface area (Å²) in [4.78, 5) is 54.2. The van der Waals surface area contributed by atoms with Crippen LogP contribution in [0.15, 0.2) is 24.5 Å². The molecule has 3 N–H and O–H groups in total. The largest absolute Gasteiger partial charge is 0.480 e. The molecule has 0 bridgehead atoms. The predicted octanol–water partition coefficient (Wildman–Crippen LogP) is -0.723. The molecule has 12 heteroatoms. The van der Waals surface area contributed by atoms with Crippen molar-refractivity contribution in [2.75, 3.05) is 20.3 Å². The molecule has 1 aliphatic rings. The van der Waals surface area contributed by atoms with E-state index in [0.29, 0.717) is 12.8 Å². The van der Waals surface area contributed by atoms with Crippen LogP contribution in [0, 0.1) is 4.91 Å². The number of carbonyl (C=O) groups excluding carboxylic acids is 2. The van der Waals surface area contributed by atoms with Crippen LogP contribution < -0.4 is 15.2 Å². The van der Waals surface area contributed by atoms with E-state index >= 15 is 0 Å². The third-order valence-corrected chi connectivity index (χ3v) is 3.70. The van der Waals surface area contributed by atoms with Crippen LogP contribution in [0.3, 0.4) is 0 Å². The maximum atomic E-state index is 12.0. The van der Waals surface area contributed by atoms with Crippen molar-refractivity contribution >= 4 is 18.0 Å². The maximum absolute atomic E-state index is 12.0. The summed E-state index contributed by atoms with van der Waals surface area (Å²) in [5.74, 6) is -1.52. The van der Waals surface area contributed by atoms with Gasteiger partial charge in [0.1, 0.15) is 16.0 Å². The first-order valence-corrected chi connectivity index (χ1v) is 7.96. The van der Waals surface area contributed by atoms with Crippen LogP contribution in [0.1, 0.15) is 23.2 Å². The van der Waals surface area contributed by atoms with E-state index in [0.717, 1.165) is 7.11 Å². The Labute approximate surface area is 153 Å². The van der Waals surface area contributed by atoms with Crippen LogP contribution in [0.25, 0.3) is 0 Å². The van der Waals surface area contributed by atoms with E-state index < -0.39 is 23.5 Å². The first-order valence-electron chi connectivity index (χ1n) is 7.96. The highest BCUT2D eigenvalue weighted by Crippen LogP contribution is 2.35. The number of hydrogen-bond donors (Lipinski definition) is 3. The van der Waals surface area contributed by atoms with Crippen molar-refractivity contribution in [1.29, 1.82) is 0 Å². The van der Waals surface area contributed by atoms with Gasteiger partial charge >= 0.3 is 17.1 Å². The molecular weight excluding hydrogens is 364 g/mol. The second-order valence-corrected chi connectivity index (χ2v) is 5.68. The third kappa shape index (κ3) is 5.80. The fourth-order valence-electron chi connectivity index (χ4n) is 2.06. The highest BCUT2D eigenvalue weighted by atomic mass is 17.0. The van der Waals surface area contributed by atoms with E-state index in [1.54, 1.807) is 18.3 Å². The molecule has 1 heterocycles. The molecule has 27 heavy (non-hydrogen) atoms. The quantitative estimate of drug-likeness (QED) is 0.272. The minimum Gasteiger partial charge on any atom is -0.480 e. The summed E-state index contributed by atoms with van der Waals surface area (Å²) in [6, 6.07) is 3.13. The Balaban J connectivity index is 1.78. The summed E-state index contributed by atoms with van der Waals surface area (Å²) in [6.07, 6.45) is 2.89. The molecule has 1 aromatic heterocycles. The van der Waals surface area contributed by atoms with E-state index in [1.807, 2.05) is 0 Å². The molecule has 0 unspecified atom stereocenters. The fourth-order valence-corrected chi connectivity index (χ4v) is 2.06. The Hall–Kier alpha value is -3.44. The number of aromatic nitrogens is 1. The Morgan fingerprint density at radius 3 is 2.74 bits per heavy atom. The molecule has 0 aliphatic heterocycles. The zero-order valence-corrected chi connectivity index (χ0v) is 14.5. The van der Waals surface area contributed by atoms with Crippen molar-refractivity contribution in [1.82, 2.24) is 10.6 Å². The van der Waals surface area contributed by atoms with Crippen molar-refractivity contribution in [3.05, 3.63) is 35.0 Å². The molecule has 0 atom stereocenters. The van der Waals surface area contributed by atoms with Gasteiger partial charge in [0.15, 0.2) is 26.1 Å². The molecule has 0 aromatic carbocycles. The molecule has 1 aromatic rings. The number of rotatable bonds is 10. The number of aliphatic carboxylic acids is 1. The second-order valence-electron chi connectivity index (χ2n) is 5.68. The van der Waals surface area contributed by atoms with Crippen molar-refractivity contribution in [3.63, 3.8) is 0 Å². The topological polar surface area (TPSA) is 147 Å². The molecule has 2 rings (SSSR count). The number of carboxylic acid groups (broad SMARTS) is 1. The smallest absolute Gasteiger partial charge is 0.477 e. The van der Waals surface area contributed by atoms with Crippen molar-refractivity contribution in [3.8, 4) is 0 Å². The van der Waals surface area contributed by atoms with Crippen LogP contribution in [0.2, 0.25) is 0 Å². The van der Waals surface area contributed by atoms with Crippen LogP contribution in [0.5, 0.6) is 0 Å². The minimum absolute atomic E-state index is 0.0754. The normalized spacial score (nSPS) is 13.8. The second kappa shape index (κ2) is 8.78. The van der Waals surface area contributed by atoms with Gasteiger partial charge in [0.05, 0.1) is 6.54 Å². The van der Waals surface area contributed by atoms with Crippen LogP contribution >= 0.6 is 0 Å². The van der Waals surface area contributed by atoms with Gasteiger partial charge in [-0.2, -0.15) is 14.2 Å². The van der Waals surface area contributed by atoms with Gasteiger partial charge in [0.25, 0.3) is 12.6 Å². The Morgan fingerprint density at radius 2 is 2.11 bits per heavy atom. The molecule has 12 nitrogen and oxygen atoms in total. The molecule has 0 radical (unpaired) electrons. The van der Waals surface area contributed by atoms with E-state index in [4.69, 9.17) is 9.84 Å². The molecule has 1 saturated carbocycles. The summed E-state index contributed by atoms with van der Waals surface area (Å²) in [7, 11) is 1.14. The number of carboxylic acids is 1. The van der Waals surface area contributed by atoms with E-state index in [-0.39, 0.29) is 30.5 Å². The number of ether oxygens (including phenoxy) is 1. The number of alkyl carbamates (subject to hydrolysis) is 1. The number of nitrogens with one attached hydrogen (secondary N) is 2. The summed E-state index contributed by atoms with van der Waals surface area (Å²) >= 11 is 0. The lowest BCUT2D eigenvalue weighted by Gasteiger charge is -2.11. The first kappa shape index (κ1) is 19.9. The molecule has 1 aliphatic carbocycles. The van der Waals surface area contributed by atoms with Gasteiger partial charge in [-0.3, -0.25) is 4.79 Å². The standard InChI is InChI=1S/C15H18N4O8/c1-25-19(24)27-8-6-16-12(20)11-3-2-7-18(9-11)10-26-14(23)17-15(4-5-15)13(21)22/h2-3,7,9H,4-6,8,10H2,1H3,(H-2,16,17,20,21,22,23)/p+2. The molecule has 2 amide bonds. The third-order valence-electron chi connectivity index (χ3n) is 3.70. The fraction of sp³-hybridized carbons (Fsp3) is 0.467. The van der Waals surface area contributed by atoms with Gasteiger partial charge in [-0.1, -0.05) is 0 Å². The average Bonchev–Trinajstić information content (AvgIpc) is 3.44. The van der Waals surface area contributed by atoms with Crippen LogP contribution in [-0.2, 0) is 25.9 Å². The lowest BCUT2D eigenvalue weighted by Crippen LogP contribution is -2.45. The van der Waals surface area contributed by atoms with Gasteiger partial charge in [0.2, 0.25) is 0 Å². The van der Waals surface area contributed by atoms with Gasteiger partial charge in [-0.15, -0.1) is 0 Å². The summed E-state index contributed by atoms with van der Waals surface area (Å²) in [5, 5.41) is 13.8. The lowest BCUT2D eigenvalue weighted by atomic mass is 10.2. The van der Waals surface area contributed by atoms with E-state index in [1.165, 1.54) is 10.8 Å². The average molecular weight is 384 g/mol.